The number of aromatic amines is 2. The Balaban J connectivity index is 1.50. The zero-order valence-corrected chi connectivity index (χ0v) is 15.0. The van der Waals surface area contributed by atoms with Crippen LogP contribution in [0.5, 0.6) is 0 Å². The van der Waals surface area contributed by atoms with Crippen molar-refractivity contribution in [3.63, 3.8) is 0 Å². The van der Waals surface area contributed by atoms with Crippen molar-refractivity contribution in [3.8, 4) is 11.3 Å². The van der Waals surface area contributed by atoms with E-state index in [1.807, 2.05) is 42.5 Å². The number of aromatic nitrogens is 4. The van der Waals surface area contributed by atoms with Gasteiger partial charge in [0.1, 0.15) is 0 Å². The minimum absolute atomic E-state index is 0.0769. The first-order valence-electron chi connectivity index (χ1n) is 9.10. The van der Waals surface area contributed by atoms with Crippen LogP contribution in [0.3, 0.4) is 0 Å². The number of nitrogens with one attached hydrogen (secondary N) is 2. The van der Waals surface area contributed by atoms with Crippen molar-refractivity contribution in [2.45, 2.75) is 13.0 Å². The summed E-state index contributed by atoms with van der Waals surface area (Å²) >= 11 is 0. The lowest BCUT2D eigenvalue weighted by Crippen LogP contribution is -2.39. The number of amides is 1. The Morgan fingerprint density at radius 2 is 1.82 bits per heavy atom. The van der Waals surface area contributed by atoms with Crippen LogP contribution < -0.4 is 5.56 Å². The van der Waals surface area contributed by atoms with Gasteiger partial charge in [-0.2, -0.15) is 5.10 Å². The number of H-pyrrole nitrogens is 2. The standard InChI is InChI=1S/C21H17N5O2/c27-20-19(22-16-8-4-5-9-17(16)23-20)21(28)26-11-10-15-14(12-26)18(25-24-15)13-6-2-1-3-7-13/h1-9H,10-12H2,(H,23,27)(H,24,25). The summed E-state index contributed by atoms with van der Waals surface area (Å²) in [5, 5.41) is 7.53. The van der Waals surface area contributed by atoms with Gasteiger partial charge in [-0.15, -0.1) is 0 Å². The summed E-state index contributed by atoms with van der Waals surface area (Å²) < 4.78 is 0. The van der Waals surface area contributed by atoms with Gasteiger partial charge in [-0.25, -0.2) is 4.98 Å². The molecule has 1 aliphatic rings. The molecule has 0 fully saturated rings. The van der Waals surface area contributed by atoms with E-state index in [4.69, 9.17) is 0 Å². The largest absolute Gasteiger partial charge is 0.332 e. The molecule has 0 bridgehead atoms. The van der Waals surface area contributed by atoms with Crippen LogP contribution in [0.25, 0.3) is 22.3 Å². The zero-order chi connectivity index (χ0) is 19.1. The summed E-state index contributed by atoms with van der Waals surface area (Å²) in [6, 6.07) is 17.0. The van der Waals surface area contributed by atoms with Gasteiger partial charge in [0.05, 0.1) is 23.3 Å². The molecule has 2 N–H and O–H groups in total. The van der Waals surface area contributed by atoms with Gasteiger partial charge in [-0.1, -0.05) is 42.5 Å². The van der Waals surface area contributed by atoms with E-state index in [1.54, 1.807) is 17.0 Å². The number of benzene rings is 2. The monoisotopic (exact) mass is 371 g/mol. The van der Waals surface area contributed by atoms with Crippen LogP contribution >= 0.6 is 0 Å². The molecule has 3 heterocycles. The number of fused-ring (bicyclic) bond motifs is 2. The minimum Gasteiger partial charge on any atom is -0.332 e. The second-order valence-corrected chi connectivity index (χ2v) is 6.80. The lowest BCUT2D eigenvalue weighted by atomic mass is 10.0. The lowest BCUT2D eigenvalue weighted by molar-refractivity contribution is 0.0727. The highest BCUT2D eigenvalue weighted by atomic mass is 16.2. The average molecular weight is 371 g/mol. The van der Waals surface area contributed by atoms with E-state index in [2.05, 4.69) is 20.2 Å². The maximum atomic E-state index is 13.1. The van der Waals surface area contributed by atoms with Gasteiger partial charge in [0.2, 0.25) is 0 Å². The van der Waals surface area contributed by atoms with Crippen molar-refractivity contribution in [2.75, 3.05) is 6.54 Å². The first kappa shape index (κ1) is 16.4. The van der Waals surface area contributed by atoms with Crippen molar-refractivity contribution in [1.82, 2.24) is 25.1 Å². The first-order chi connectivity index (χ1) is 13.7. The van der Waals surface area contributed by atoms with Gasteiger partial charge in [0, 0.05) is 29.8 Å². The number of hydrogen-bond donors (Lipinski definition) is 2. The molecule has 7 heteroatoms. The first-order valence-corrected chi connectivity index (χ1v) is 9.10. The molecule has 138 valence electrons. The normalized spacial score (nSPS) is 13.5. The molecule has 0 atom stereocenters. The highest BCUT2D eigenvalue weighted by Crippen LogP contribution is 2.28. The van der Waals surface area contributed by atoms with Crippen molar-refractivity contribution in [2.24, 2.45) is 0 Å². The fourth-order valence-electron chi connectivity index (χ4n) is 3.63. The van der Waals surface area contributed by atoms with Crippen LogP contribution in [0.4, 0.5) is 0 Å². The number of hydrogen-bond acceptors (Lipinski definition) is 4. The van der Waals surface area contributed by atoms with Crippen molar-refractivity contribution >= 4 is 16.9 Å². The van der Waals surface area contributed by atoms with Crippen molar-refractivity contribution < 1.29 is 4.79 Å². The molecule has 0 saturated heterocycles. The third-order valence-electron chi connectivity index (χ3n) is 5.07. The number of carbonyl (C=O) groups is 1. The molecule has 28 heavy (non-hydrogen) atoms. The van der Waals surface area contributed by atoms with Crippen molar-refractivity contribution in [1.29, 1.82) is 0 Å². The summed E-state index contributed by atoms with van der Waals surface area (Å²) in [7, 11) is 0. The molecule has 7 nitrogen and oxygen atoms in total. The third kappa shape index (κ3) is 2.68. The molecular formula is C21H17N5O2. The third-order valence-corrected chi connectivity index (χ3v) is 5.07. The average Bonchev–Trinajstić information content (AvgIpc) is 3.16. The van der Waals surface area contributed by atoms with Gasteiger partial charge in [0.15, 0.2) is 5.69 Å². The molecule has 5 rings (SSSR count). The molecule has 0 saturated carbocycles. The molecule has 0 unspecified atom stereocenters. The van der Waals surface area contributed by atoms with Crippen LogP contribution in [0.1, 0.15) is 21.7 Å². The molecule has 0 radical (unpaired) electrons. The van der Waals surface area contributed by atoms with E-state index >= 15 is 0 Å². The van der Waals surface area contributed by atoms with Crippen LogP contribution in [0, 0.1) is 0 Å². The summed E-state index contributed by atoms with van der Waals surface area (Å²) in [6.07, 6.45) is 0.659. The summed E-state index contributed by atoms with van der Waals surface area (Å²) in [4.78, 5) is 34.2. The Bertz CT molecular complexity index is 1240. The van der Waals surface area contributed by atoms with Crippen LogP contribution in [0.15, 0.2) is 59.4 Å². The van der Waals surface area contributed by atoms with Gasteiger partial charge < -0.3 is 9.88 Å². The molecule has 0 aliphatic carbocycles. The SMILES string of the molecule is O=C(c1nc2ccccc2[nH]c1=O)N1CCc2[nH]nc(-c3ccccc3)c2C1. The molecule has 2 aromatic carbocycles. The smallest absolute Gasteiger partial charge is 0.280 e. The topological polar surface area (TPSA) is 94.7 Å². The second-order valence-electron chi connectivity index (χ2n) is 6.80. The maximum absolute atomic E-state index is 13.1. The van der Waals surface area contributed by atoms with E-state index in [-0.39, 0.29) is 11.6 Å². The summed E-state index contributed by atoms with van der Waals surface area (Å²) in [5.41, 5.74) is 4.52. The number of rotatable bonds is 2. The van der Waals surface area contributed by atoms with Gasteiger partial charge >= 0.3 is 0 Å². The molecule has 1 amide bonds. The Morgan fingerprint density at radius 1 is 1.04 bits per heavy atom. The Hall–Kier alpha value is -3.74. The van der Waals surface area contributed by atoms with Crippen molar-refractivity contribution in [3.05, 3.63) is 81.9 Å². The Labute approximate surface area is 160 Å². The molecule has 1 aliphatic heterocycles. The maximum Gasteiger partial charge on any atom is 0.280 e. The summed E-state index contributed by atoms with van der Waals surface area (Å²) in [6.45, 7) is 0.902. The molecule has 2 aromatic heterocycles. The summed E-state index contributed by atoms with van der Waals surface area (Å²) in [5.74, 6) is -0.363. The number of para-hydroxylation sites is 2. The second kappa shape index (κ2) is 6.45. The van der Waals surface area contributed by atoms with Gasteiger partial charge in [-0.3, -0.25) is 14.7 Å². The predicted molar refractivity (Wildman–Crippen MR) is 105 cm³/mol. The molecule has 4 aromatic rings. The van der Waals surface area contributed by atoms with Crippen LogP contribution in [0.2, 0.25) is 0 Å². The fourth-order valence-corrected chi connectivity index (χ4v) is 3.63. The van der Waals surface area contributed by atoms with E-state index < -0.39 is 5.56 Å². The highest BCUT2D eigenvalue weighted by Gasteiger charge is 2.28. The van der Waals surface area contributed by atoms with Gasteiger partial charge in [0.25, 0.3) is 11.5 Å². The minimum atomic E-state index is -0.468. The Morgan fingerprint density at radius 3 is 2.68 bits per heavy atom. The predicted octanol–water partition coefficient (Wildman–Crippen LogP) is 2.51. The quantitative estimate of drug-likeness (QED) is 0.566. The number of carbonyl (C=O) groups excluding carboxylic acids is 1. The van der Waals surface area contributed by atoms with E-state index in [0.717, 1.165) is 22.5 Å². The zero-order valence-electron chi connectivity index (χ0n) is 15.0. The molecular weight excluding hydrogens is 354 g/mol. The highest BCUT2D eigenvalue weighted by molar-refractivity contribution is 5.94. The molecule has 0 spiro atoms. The Kier molecular flexibility index (Phi) is 3.79. The van der Waals surface area contributed by atoms with E-state index in [0.29, 0.717) is 30.5 Å². The van der Waals surface area contributed by atoms with Gasteiger partial charge in [-0.05, 0) is 12.1 Å². The fraction of sp³-hybridized carbons (Fsp3) is 0.143. The van der Waals surface area contributed by atoms with E-state index in [1.165, 1.54) is 0 Å². The van der Waals surface area contributed by atoms with E-state index in [9.17, 15) is 9.59 Å². The lowest BCUT2D eigenvalue weighted by Gasteiger charge is -2.26. The van der Waals surface area contributed by atoms with Crippen LogP contribution in [-0.4, -0.2) is 37.5 Å². The number of nitrogens with zero attached hydrogens (tertiary/aromatic N) is 3. The van der Waals surface area contributed by atoms with Crippen LogP contribution in [-0.2, 0) is 13.0 Å².